The van der Waals surface area contributed by atoms with Crippen molar-refractivity contribution in [2.75, 3.05) is 17.3 Å². The van der Waals surface area contributed by atoms with E-state index in [1.54, 1.807) is 48.4 Å². The number of ether oxygens (including phenoxy) is 1. The Morgan fingerprint density at radius 1 is 1.20 bits per heavy atom. The highest BCUT2D eigenvalue weighted by molar-refractivity contribution is 7.92. The first kappa shape index (κ1) is 21.8. The Bertz CT molecular complexity index is 1060. The van der Waals surface area contributed by atoms with Crippen molar-refractivity contribution >= 4 is 33.0 Å². The molecular formula is C22H26N2O5S. The standard InChI is InChI=1S/C22H26N2O5S/c1-14-11-17-13-20(9-10-21(17)24(14)16(3)25)30(27,28)15(2)12-22(26)23-18-5-7-19(29-4)8-6-18/h5-10,13-15H,11-12H2,1-4H3,(H,23,26)/t14-,15+/m0/s1. The van der Waals surface area contributed by atoms with Crippen molar-refractivity contribution in [1.82, 2.24) is 0 Å². The normalized spacial score (nSPS) is 16.7. The predicted molar refractivity (Wildman–Crippen MR) is 116 cm³/mol. The molecule has 0 bridgehead atoms. The number of amides is 2. The molecule has 160 valence electrons. The van der Waals surface area contributed by atoms with E-state index in [1.165, 1.54) is 19.9 Å². The van der Waals surface area contributed by atoms with Crippen molar-refractivity contribution < 1.29 is 22.7 Å². The van der Waals surface area contributed by atoms with Gasteiger partial charge in [-0.25, -0.2) is 8.42 Å². The van der Waals surface area contributed by atoms with Crippen LogP contribution in [0.3, 0.4) is 0 Å². The summed E-state index contributed by atoms with van der Waals surface area (Å²) in [6.45, 7) is 4.96. The number of nitrogens with one attached hydrogen (secondary N) is 1. The van der Waals surface area contributed by atoms with Crippen LogP contribution in [0.5, 0.6) is 5.75 Å². The van der Waals surface area contributed by atoms with E-state index in [-0.39, 0.29) is 29.2 Å². The van der Waals surface area contributed by atoms with Gasteiger partial charge in [-0.15, -0.1) is 0 Å². The van der Waals surface area contributed by atoms with Gasteiger partial charge in [-0.3, -0.25) is 9.59 Å². The molecule has 0 spiro atoms. The van der Waals surface area contributed by atoms with Gasteiger partial charge in [0.2, 0.25) is 11.8 Å². The second-order valence-electron chi connectivity index (χ2n) is 7.57. The van der Waals surface area contributed by atoms with Gasteiger partial charge >= 0.3 is 0 Å². The number of benzene rings is 2. The second kappa shape index (κ2) is 8.47. The van der Waals surface area contributed by atoms with Crippen LogP contribution in [-0.4, -0.2) is 38.6 Å². The van der Waals surface area contributed by atoms with Gasteiger partial charge in [0.05, 0.1) is 17.3 Å². The molecule has 3 rings (SSSR count). The quantitative estimate of drug-likeness (QED) is 0.760. The number of hydrogen-bond acceptors (Lipinski definition) is 5. The van der Waals surface area contributed by atoms with E-state index in [0.717, 1.165) is 11.3 Å². The van der Waals surface area contributed by atoms with Gasteiger partial charge in [0, 0.05) is 30.8 Å². The maximum atomic E-state index is 13.0. The van der Waals surface area contributed by atoms with Crippen LogP contribution in [0.25, 0.3) is 0 Å². The average Bonchev–Trinajstić information content (AvgIpc) is 3.03. The number of fused-ring (bicyclic) bond motifs is 1. The molecule has 1 N–H and O–H groups in total. The summed E-state index contributed by atoms with van der Waals surface area (Å²) in [7, 11) is -2.15. The monoisotopic (exact) mass is 430 g/mol. The van der Waals surface area contributed by atoms with Crippen molar-refractivity contribution in [3.8, 4) is 5.75 Å². The molecule has 0 aromatic heterocycles. The van der Waals surface area contributed by atoms with Crippen LogP contribution in [0.4, 0.5) is 11.4 Å². The first-order chi connectivity index (χ1) is 14.1. The van der Waals surface area contributed by atoms with Crippen LogP contribution in [0, 0.1) is 0 Å². The van der Waals surface area contributed by atoms with Crippen LogP contribution in [0.15, 0.2) is 47.4 Å². The minimum atomic E-state index is -3.70. The number of carbonyl (C=O) groups excluding carboxylic acids is 2. The van der Waals surface area contributed by atoms with E-state index in [1.807, 2.05) is 6.92 Å². The third kappa shape index (κ3) is 4.33. The first-order valence-corrected chi connectivity index (χ1v) is 11.3. The lowest BCUT2D eigenvalue weighted by molar-refractivity contribution is -0.117. The van der Waals surface area contributed by atoms with E-state index in [0.29, 0.717) is 17.9 Å². The van der Waals surface area contributed by atoms with Crippen molar-refractivity contribution in [2.45, 2.75) is 49.8 Å². The lowest BCUT2D eigenvalue weighted by Crippen LogP contribution is -2.33. The van der Waals surface area contributed by atoms with Crippen molar-refractivity contribution in [1.29, 1.82) is 0 Å². The average molecular weight is 431 g/mol. The van der Waals surface area contributed by atoms with Crippen molar-refractivity contribution in [3.05, 3.63) is 48.0 Å². The number of anilines is 2. The third-order valence-electron chi connectivity index (χ3n) is 5.31. The van der Waals surface area contributed by atoms with Gasteiger partial charge in [-0.1, -0.05) is 0 Å². The number of hydrogen-bond donors (Lipinski definition) is 1. The van der Waals surface area contributed by atoms with E-state index in [2.05, 4.69) is 5.32 Å². The molecule has 1 aliphatic heterocycles. The largest absolute Gasteiger partial charge is 0.497 e. The SMILES string of the molecule is COc1ccc(NC(=O)C[C@@H](C)S(=O)(=O)c2ccc3c(c2)C[C@H](C)N3C(C)=O)cc1. The molecule has 1 aliphatic rings. The lowest BCUT2D eigenvalue weighted by Gasteiger charge is -2.20. The van der Waals surface area contributed by atoms with Crippen LogP contribution >= 0.6 is 0 Å². The molecule has 7 nitrogen and oxygen atoms in total. The Kier molecular flexibility index (Phi) is 6.17. The summed E-state index contributed by atoms with van der Waals surface area (Å²) >= 11 is 0. The molecule has 0 saturated carbocycles. The zero-order valence-electron chi connectivity index (χ0n) is 17.5. The summed E-state index contributed by atoms with van der Waals surface area (Å²) in [5.41, 5.74) is 2.15. The molecule has 0 unspecified atom stereocenters. The third-order valence-corrected chi connectivity index (χ3v) is 7.45. The molecule has 2 atom stereocenters. The first-order valence-electron chi connectivity index (χ1n) is 9.74. The van der Waals surface area contributed by atoms with Crippen LogP contribution < -0.4 is 15.0 Å². The van der Waals surface area contributed by atoms with Gasteiger partial charge in [0.1, 0.15) is 5.75 Å². The molecule has 0 fully saturated rings. The second-order valence-corrected chi connectivity index (χ2v) is 9.94. The predicted octanol–water partition coefficient (Wildman–Crippen LogP) is 3.18. The number of methoxy groups -OCH3 is 1. The van der Waals surface area contributed by atoms with Crippen LogP contribution in [-0.2, 0) is 25.8 Å². The summed E-state index contributed by atoms with van der Waals surface area (Å²) < 4.78 is 31.1. The van der Waals surface area contributed by atoms with Crippen LogP contribution in [0.1, 0.15) is 32.8 Å². The maximum Gasteiger partial charge on any atom is 0.225 e. The Morgan fingerprint density at radius 2 is 1.87 bits per heavy atom. The fraction of sp³-hybridized carbons (Fsp3) is 0.364. The van der Waals surface area contributed by atoms with E-state index in [4.69, 9.17) is 4.74 Å². The molecule has 2 aromatic carbocycles. The van der Waals surface area contributed by atoms with Gasteiger partial charge in [0.25, 0.3) is 0 Å². The minimum Gasteiger partial charge on any atom is -0.497 e. The number of carbonyl (C=O) groups is 2. The Balaban J connectivity index is 1.72. The Hall–Kier alpha value is -2.87. The zero-order chi connectivity index (χ0) is 22.1. The molecule has 2 aromatic rings. The summed E-state index contributed by atoms with van der Waals surface area (Å²) in [4.78, 5) is 26.1. The van der Waals surface area contributed by atoms with E-state index < -0.39 is 15.1 Å². The molecule has 2 amide bonds. The van der Waals surface area contributed by atoms with Gasteiger partial charge in [0.15, 0.2) is 9.84 Å². The van der Waals surface area contributed by atoms with Crippen molar-refractivity contribution in [2.24, 2.45) is 0 Å². The smallest absolute Gasteiger partial charge is 0.225 e. The molecule has 0 saturated heterocycles. The molecular weight excluding hydrogens is 404 g/mol. The summed E-state index contributed by atoms with van der Waals surface area (Å²) in [5, 5.41) is 1.82. The number of nitrogens with zero attached hydrogens (tertiary/aromatic N) is 1. The van der Waals surface area contributed by atoms with E-state index in [9.17, 15) is 18.0 Å². The molecule has 30 heavy (non-hydrogen) atoms. The van der Waals surface area contributed by atoms with Gasteiger partial charge in [-0.05, 0) is 68.3 Å². The highest BCUT2D eigenvalue weighted by atomic mass is 32.2. The highest BCUT2D eigenvalue weighted by Gasteiger charge is 2.32. The number of rotatable bonds is 6. The summed E-state index contributed by atoms with van der Waals surface area (Å²) in [5.74, 6) is 0.215. The Morgan fingerprint density at radius 3 is 2.47 bits per heavy atom. The van der Waals surface area contributed by atoms with Crippen LogP contribution in [0.2, 0.25) is 0 Å². The highest BCUT2D eigenvalue weighted by Crippen LogP contribution is 2.34. The molecule has 8 heteroatoms. The maximum absolute atomic E-state index is 13.0. The lowest BCUT2D eigenvalue weighted by atomic mass is 10.1. The fourth-order valence-corrected chi connectivity index (χ4v) is 5.15. The minimum absolute atomic E-state index is 0.0110. The fourth-order valence-electron chi connectivity index (χ4n) is 3.75. The summed E-state index contributed by atoms with van der Waals surface area (Å²) in [6.07, 6.45) is 0.437. The van der Waals surface area contributed by atoms with Gasteiger partial charge in [-0.2, -0.15) is 0 Å². The number of sulfone groups is 1. The Labute approximate surface area is 177 Å². The molecule has 0 aliphatic carbocycles. The molecule has 0 radical (unpaired) electrons. The molecule has 1 heterocycles. The summed E-state index contributed by atoms with van der Waals surface area (Å²) in [6, 6.07) is 11.6. The zero-order valence-corrected chi connectivity index (χ0v) is 18.3. The van der Waals surface area contributed by atoms with Crippen molar-refractivity contribution in [3.63, 3.8) is 0 Å². The topological polar surface area (TPSA) is 92.8 Å². The van der Waals surface area contributed by atoms with E-state index >= 15 is 0 Å². The van der Waals surface area contributed by atoms with Gasteiger partial charge < -0.3 is 15.0 Å².